The molecule has 0 amide bonds. The summed E-state index contributed by atoms with van der Waals surface area (Å²) in [5.41, 5.74) is 0. The molecule has 9 heavy (non-hydrogen) atoms. The molecule has 0 N–H and O–H groups in total. The average Bonchev–Trinajstić information content (AvgIpc) is 0.811. The van der Waals surface area contributed by atoms with E-state index >= 15 is 0 Å². The minimum atomic E-state index is -3.63. The molecule has 0 atom stereocenters. The number of hydrogen-bond donors (Lipinski definition) is 0. The molecule has 0 heterocycles. The van der Waals surface area contributed by atoms with Gasteiger partial charge in [0.05, 0.1) is 0 Å². The van der Waals surface area contributed by atoms with Gasteiger partial charge in [-0.3, -0.25) is 0 Å². The maximum atomic E-state index is 8.52. The molecule has 0 saturated heterocycles. The molecular formula is O5Pb3Si. The first kappa shape index (κ1) is 42.7. The van der Waals surface area contributed by atoms with Gasteiger partial charge >= 0.3 is 81.9 Å². The van der Waals surface area contributed by atoms with E-state index in [1.807, 2.05) is 0 Å². The van der Waals surface area contributed by atoms with Gasteiger partial charge < -0.3 is 25.0 Å². The zero-order valence-electron chi connectivity index (χ0n) is 4.04. The van der Waals surface area contributed by atoms with Crippen molar-refractivity contribution < 1.29 is 25.0 Å². The average molecular weight is 730 g/mol. The Morgan fingerprint density at radius 3 is 0.889 bits per heavy atom. The maximum Gasteiger partial charge on any atom is 2.00 e. The third kappa shape index (κ3) is 134. The minimum Gasteiger partial charge on any atom is -2.00 e. The topological polar surface area (TPSA) is 120 Å². The zero-order chi connectivity index (χ0) is 3.58. The molecule has 46 valence electrons. The summed E-state index contributed by atoms with van der Waals surface area (Å²) in [5, 5.41) is 0. The van der Waals surface area contributed by atoms with E-state index < -0.39 is 9.17 Å². The van der Waals surface area contributed by atoms with E-state index in [0.29, 0.717) is 0 Å². The normalized spacial score (nSPS) is 2.67. The Hall–Kier alpha value is 2.30. The van der Waals surface area contributed by atoms with Crippen molar-refractivity contribution in [1.29, 1.82) is 0 Å². The Morgan fingerprint density at radius 2 is 0.889 bits per heavy atom. The van der Waals surface area contributed by atoms with Gasteiger partial charge in [0, 0.05) is 9.17 Å². The van der Waals surface area contributed by atoms with Crippen LogP contribution in [0.3, 0.4) is 0 Å². The number of hydrogen-bond acceptors (Lipinski definition) is 3. The predicted octanol–water partition coefficient (Wildman–Crippen LogP) is -4.26. The van der Waals surface area contributed by atoms with Crippen molar-refractivity contribution in [3.63, 3.8) is 0 Å². The molecular weight excluding hydrogens is 730 g/mol. The van der Waals surface area contributed by atoms with Crippen LogP contribution in [-0.2, 0) is 15.4 Å². The third-order valence-corrected chi connectivity index (χ3v) is 0. The molecule has 0 aliphatic rings. The van der Waals surface area contributed by atoms with Crippen LogP contribution in [0.2, 0.25) is 0 Å². The SMILES string of the molecule is O=[Si]([O-])[O-].[O-2].[O-2].[Pb+2].[Pb+2].[Pb+2]. The first-order valence-corrected chi connectivity index (χ1v) is 1.84. The Labute approximate surface area is 114 Å². The fraction of sp³-hybridized carbons (Fsp3) is 0. The van der Waals surface area contributed by atoms with Gasteiger partial charge in [-0.2, -0.15) is 0 Å². The second-order valence-corrected chi connectivity index (χ2v) is 0.750. The van der Waals surface area contributed by atoms with Crippen LogP contribution >= 0.6 is 0 Å². The molecule has 0 aromatic rings. The summed E-state index contributed by atoms with van der Waals surface area (Å²) < 4.78 is 8.52. The Morgan fingerprint density at radius 1 is 0.889 bits per heavy atom. The molecule has 0 aromatic heterocycles. The molecule has 0 aliphatic carbocycles. The molecule has 0 aliphatic heterocycles. The fourth-order valence-corrected chi connectivity index (χ4v) is 0. The summed E-state index contributed by atoms with van der Waals surface area (Å²) in [4.78, 5) is 17.0. The van der Waals surface area contributed by atoms with E-state index in [1.54, 1.807) is 0 Å². The van der Waals surface area contributed by atoms with Crippen LogP contribution in [0.1, 0.15) is 0 Å². The number of rotatable bonds is 0. The van der Waals surface area contributed by atoms with Gasteiger partial charge in [0.2, 0.25) is 0 Å². The molecule has 5 nitrogen and oxygen atoms in total. The maximum absolute atomic E-state index is 8.52. The first-order chi connectivity index (χ1) is 1.73. The van der Waals surface area contributed by atoms with Crippen molar-refractivity contribution in [2.45, 2.75) is 0 Å². The van der Waals surface area contributed by atoms with E-state index in [1.165, 1.54) is 0 Å². The summed E-state index contributed by atoms with van der Waals surface area (Å²) >= 11 is 0. The summed E-state index contributed by atoms with van der Waals surface area (Å²) in [7, 11) is -3.63. The van der Waals surface area contributed by atoms with E-state index in [4.69, 9.17) is 14.1 Å². The van der Waals surface area contributed by atoms with Gasteiger partial charge in [0.1, 0.15) is 0 Å². The minimum absolute atomic E-state index is 0. The van der Waals surface area contributed by atoms with Crippen LogP contribution in [0, 0.1) is 0 Å². The molecule has 0 saturated carbocycles. The molecule has 0 spiro atoms. The molecule has 6 radical (unpaired) electrons. The van der Waals surface area contributed by atoms with Crippen LogP contribution in [0.15, 0.2) is 0 Å². The van der Waals surface area contributed by atoms with Gasteiger partial charge in [-0.15, -0.1) is 0 Å². The predicted molar refractivity (Wildman–Crippen MR) is 25.1 cm³/mol. The Bertz CT molecular complexity index is 35.2. The van der Waals surface area contributed by atoms with Gasteiger partial charge in [0.15, 0.2) is 0 Å². The van der Waals surface area contributed by atoms with Crippen molar-refractivity contribution in [2.75, 3.05) is 0 Å². The van der Waals surface area contributed by atoms with Crippen LogP contribution in [0.4, 0.5) is 0 Å². The van der Waals surface area contributed by atoms with Crippen LogP contribution in [0.25, 0.3) is 0 Å². The van der Waals surface area contributed by atoms with Crippen molar-refractivity contribution >= 4 is 91.1 Å². The van der Waals surface area contributed by atoms with Crippen molar-refractivity contribution in [3.8, 4) is 0 Å². The summed E-state index contributed by atoms with van der Waals surface area (Å²) in [5.74, 6) is 0. The van der Waals surface area contributed by atoms with Crippen molar-refractivity contribution in [2.24, 2.45) is 0 Å². The van der Waals surface area contributed by atoms with E-state index in [2.05, 4.69) is 0 Å². The monoisotopic (exact) mass is 732 g/mol. The van der Waals surface area contributed by atoms with Gasteiger partial charge in [0.25, 0.3) is 0 Å². The molecule has 0 aromatic carbocycles. The molecule has 0 unspecified atom stereocenters. The van der Waals surface area contributed by atoms with E-state index in [9.17, 15) is 0 Å². The molecule has 9 heteroatoms. The Kier molecular flexibility index (Phi) is 150. The molecule has 0 rings (SSSR count). The van der Waals surface area contributed by atoms with Gasteiger partial charge in [-0.05, 0) is 0 Å². The largest absolute Gasteiger partial charge is 2.00 e. The smallest absolute Gasteiger partial charge is 2.00 e. The first-order valence-electron chi connectivity index (χ1n) is 0.612. The van der Waals surface area contributed by atoms with Crippen LogP contribution < -0.4 is 9.59 Å². The second kappa shape index (κ2) is 31.7. The van der Waals surface area contributed by atoms with E-state index in [-0.39, 0.29) is 92.8 Å². The summed E-state index contributed by atoms with van der Waals surface area (Å²) in [6.45, 7) is 0. The van der Waals surface area contributed by atoms with Crippen LogP contribution in [-0.4, -0.2) is 91.1 Å². The van der Waals surface area contributed by atoms with Crippen LogP contribution in [0.5, 0.6) is 0 Å². The van der Waals surface area contributed by atoms with Crippen molar-refractivity contribution in [3.05, 3.63) is 0 Å². The summed E-state index contributed by atoms with van der Waals surface area (Å²) in [6.07, 6.45) is 0. The quantitative estimate of drug-likeness (QED) is 0.235. The summed E-state index contributed by atoms with van der Waals surface area (Å²) in [6, 6.07) is 0. The Balaban J connectivity index is -0.00000000450. The zero-order valence-corrected chi connectivity index (χ0v) is 16.7. The van der Waals surface area contributed by atoms with Crippen molar-refractivity contribution in [1.82, 2.24) is 0 Å². The second-order valence-electron chi connectivity index (χ2n) is 0.250. The van der Waals surface area contributed by atoms with E-state index in [0.717, 1.165) is 0 Å². The van der Waals surface area contributed by atoms with Gasteiger partial charge in [-0.25, -0.2) is 0 Å². The standard InChI is InChI=1S/O3Si.2O.3Pb/c1-4(2)3;;;;;/q3*-2;3*+2. The van der Waals surface area contributed by atoms with Gasteiger partial charge in [-0.1, -0.05) is 0 Å². The molecule has 0 bridgehead atoms. The molecule has 0 fully saturated rings. The third-order valence-electron chi connectivity index (χ3n) is 0. The fourth-order valence-electron chi connectivity index (χ4n) is 0.